The van der Waals surface area contributed by atoms with E-state index < -0.39 is 0 Å². The molecule has 1 fully saturated rings. The molecular weight excluding hydrogens is 216 g/mol. The van der Waals surface area contributed by atoms with Crippen LogP contribution in [0.3, 0.4) is 0 Å². The van der Waals surface area contributed by atoms with Gasteiger partial charge in [0.15, 0.2) is 0 Å². The summed E-state index contributed by atoms with van der Waals surface area (Å²) in [7, 11) is 1.70. The Balaban J connectivity index is 2.19. The van der Waals surface area contributed by atoms with Crippen molar-refractivity contribution in [3.8, 4) is 5.75 Å². The largest absolute Gasteiger partial charge is 0.496 e. The van der Waals surface area contributed by atoms with E-state index >= 15 is 0 Å². The lowest BCUT2D eigenvalue weighted by Gasteiger charge is -2.29. The molecule has 1 aliphatic rings. The molecule has 4 heteroatoms. The van der Waals surface area contributed by atoms with Crippen LogP contribution in [0.25, 0.3) is 0 Å². The zero-order valence-electron chi connectivity index (χ0n) is 10.3. The average molecular weight is 236 g/mol. The molecule has 1 aliphatic heterocycles. The normalized spacial score (nSPS) is 16.0. The predicted octanol–water partition coefficient (Wildman–Crippen LogP) is 1.03. The molecule has 17 heavy (non-hydrogen) atoms. The van der Waals surface area contributed by atoms with Gasteiger partial charge in [0, 0.05) is 18.8 Å². The molecule has 0 saturated carbocycles. The van der Waals surface area contributed by atoms with Crippen LogP contribution in [0.15, 0.2) is 18.2 Å². The van der Waals surface area contributed by atoms with Crippen molar-refractivity contribution < 1.29 is 9.47 Å². The van der Waals surface area contributed by atoms with Gasteiger partial charge >= 0.3 is 0 Å². The summed E-state index contributed by atoms with van der Waals surface area (Å²) in [5.41, 5.74) is 8.04. The number of hydrogen-bond acceptors (Lipinski definition) is 4. The molecule has 1 aromatic carbocycles. The zero-order valence-corrected chi connectivity index (χ0v) is 10.3. The molecule has 2 N–H and O–H groups in total. The first kappa shape index (κ1) is 12.2. The number of ether oxygens (including phenoxy) is 2. The molecule has 0 amide bonds. The highest BCUT2D eigenvalue weighted by Gasteiger charge is 2.13. The van der Waals surface area contributed by atoms with E-state index in [-0.39, 0.29) is 0 Å². The summed E-state index contributed by atoms with van der Waals surface area (Å²) in [4.78, 5) is 2.34. The van der Waals surface area contributed by atoms with Crippen LogP contribution in [-0.2, 0) is 11.2 Å². The van der Waals surface area contributed by atoms with Gasteiger partial charge in [-0.3, -0.25) is 0 Å². The molecule has 4 nitrogen and oxygen atoms in total. The number of rotatable bonds is 4. The third-order valence-corrected chi connectivity index (χ3v) is 3.05. The van der Waals surface area contributed by atoms with Crippen molar-refractivity contribution in [2.75, 3.05) is 44.9 Å². The standard InChI is InChI=1S/C13H20N2O2/c1-16-13-3-2-12(10-11(13)4-5-14)15-6-8-17-9-7-15/h2-3,10H,4-9,14H2,1H3. The van der Waals surface area contributed by atoms with Crippen molar-refractivity contribution in [2.45, 2.75) is 6.42 Å². The molecule has 1 aromatic rings. The molecule has 0 aliphatic carbocycles. The van der Waals surface area contributed by atoms with Crippen LogP contribution in [-0.4, -0.2) is 40.0 Å². The Hall–Kier alpha value is -1.26. The van der Waals surface area contributed by atoms with Gasteiger partial charge in [-0.25, -0.2) is 0 Å². The summed E-state index contributed by atoms with van der Waals surface area (Å²) in [5, 5.41) is 0. The Bertz CT molecular complexity index is 362. The first-order valence-corrected chi connectivity index (χ1v) is 6.05. The fourth-order valence-electron chi connectivity index (χ4n) is 2.13. The lowest BCUT2D eigenvalue weighted by atomic mass is 10.1. The van der Waals surface area contributed by atoms with Crippen LogP contribution in [0.1, 0.15) is 5.56 Å². The van der Waals surface area contributed by atoms with Crippen LogP contribution in [0.4, 0.5) is 5.69 Å². The SMILES string of the molecule is COc1ccc(N2CCOCC2)cc1CCN. The first-order chi connectivity index (χ1) is 8.35. The van der Waals surface area contributed by atoms with Crippen LogP contribution in [0.2, 0.25) is 0 Å². The van der Waals surface area contributed by atoms with E-state index in [1.165, 1.54) is 11.3 Å². The lowest BCUT2D eigenvalue weighted by molar-refractivity contribution is 0.122. The Morgan fingerprint density at radius 2 is 2.12 bits per heavy atom. The summed E-state index contributed by atoms with van der Waals surface area (Å²) in [5.74, 6) is 0.924. The van der Waals surface area contributed by atoms with E-state index in [9.17, 15) is 0 Å². The summed E-state index contributed by atoms with van der Waals surface area (Å²) in [6, 6.07) is 6.30. The molecule has 0 bridgehead atoms. The minimum absolute atomic E-state index is 0.642. The molecule has 0 aromatic heterocycles. The van der Waals surface area contributed by atoms with Crippen LogP contribution < -0.4 is 15.4 Å². The predicted molar refractivity (Wildman–Crippen MR) is 68.8 cm³/mol. The average Bonchev–Trinajstić information content (AvgIpc) is 2.40. The Morgan fingerprint density at radius 3 is 2.76 bits per heavy atom. The van der Waals surface area contributed by atoms with E-state index in [0.717, 1.165) is 38.5 Å². The summed E-state index contributed by atoms with van der Waals surface area (Å²) in [6.07, 6.45) is 0.849. The summed E-state index contributed by atoms with van der Waals surface area (Å²) < 4.78 is 10.7. The highest BCUT2D eigenvalue weighted by molar-refractivity contribution is 5.53. The highest BCUT2D eigenvalue weighted by Crippen LogP contribution is 2.25. The molecule has 0 radical (unpaired) electrons. The van der Waals surface area contributed by atoms with E-state index in [4.69, 9.17) is 15.2 Å². The molecule has 1 saturated heterocycles. The second kappa shape index (κ2) is 5.89. The van der Waals surface area contributed by atoms with Gasteiger partial charge in [-0.2, -0.15) is 0 Å². The zero-order chi connectivity index (χ0) is 12.1. The number of hydrogen-bond donors (Lipinski definition) is 1. The minimum atomic E-state index is 0.642. The number of methoxy groups -OCH3 is 1. The number of morpholine rings is 1. The second-order valence-electron chi connectivity index (χ2n) is 4.13. The summed E-state index contributed by atoms with van der Waals surface area (Å²) in [6.45, 7) is 4.15. The number of benzene rings is 1. The van der Waals surface area contributed by atoms with Crippen LogP contribution in [0, 0.1) is 0 Å². The van der Waals surface area contributed by atoms with Gasteiger partial charge in [0.05, 0.1) is 20.3 Å². The second-order valence-corrected chi connectivity index (χ2v) is 4.13. The Labute approximate surface area is 102 Å². The van der Waals surface area contributed by atoms with Gasteiger partial charge in [0.2, 0.25) is 0 Å². The monoisotopic (exact) mass is 236 g/mol. The molecule has 0 atom stereocenters. The molecule has 94 valence electrons. The highest BCUT2D eigenvalue weighted by atomic mass is 16.5. The molecular formula is C13H20N2O2. The summed E-state index contributed by atoms with van der Waals surface area (Å²) >= 11 is 0. The van der Waals surface area contributed by atoms with Gasteiger partial charge < -0.3 is 20.1 Å². The van der Waals surface area contributed by atoms with Crippen LogP contribution in [0.5, 0.6) is 5.75 Å². The maximum Gasteiger partial charge on any atom is 0.122 e. The third-order valence-electron chi connectivity index (χ3n) is 3.05. The Morgan fingerprint density at radius 1 is 1.35 bits per heavy atom. The van der Waals surface area contributed by atoms with Gasteiger partial charge in [0.1, 0.15) is 5.75 Å². The quantitative estimate of drug-likeness (QED) is 0.848. The maximum atomic E-state index is 5.62. The van der Waals surface area contributed by atoms with Gasteiger partial charge in [0.25, 0.3) is 0 Å². The number of anilines is 1. The van der Waals surface area contributed by atoms with Gasteiger partial charge in [-0.05, 0) is 36.7 Å². The molecule has 1 heterocycles. The number of nitrogens with zero attached hydrogens (tertiary/aromatic N) is 1. The van der Waals surface area contributed by atoms with E-state index in [1.807, 2.05) is 6.07 Å². The Kier molecular flexibility index (Phi) is 4.23. The van der Waals surface area contributed by atoms with Crippen molar-refractivity contribution in [3.63, 3.8) is 0 Å². The number of nitrogens with two attached hydrogens (primary N) is 1. The first-order valence-electron chi connectivity index (χ1n) is 6.05. The third kappa shape index (κ3) is 2.90. The van der Waals surface area contributed by atoms with E-state index in [1.54, 1.807) is 7.11 Å². The van der Waals surface area contributed by atoms with Gasteiger partial charge in [-0.15, -0.1) is 0 Å². The van der Waals surface area contributed by atoms with Crippen molar-refractivity contribution in [1.29, 1.82) is 0 Å². The molecule has 0 unspecified atom stereocenters. The molecule has 0 spiro atoms. The van der Waals surface area contributed by atoms with Crippen molar-refractivity contribution in [1.82, 2.24) is 0 Å². The topological polar surface area (TPSA) is 47.7 Å². The van der Waals surface area contributed by atoms with Gasteiger partial charge in [-0.1, -0.05) is 0 Å². The van der Waals surface area contributed by atoms with Crippen molar-refractivity contribution in [2.24, 2.45) is 5.73 Å². The minimum Gasteiger partial charge on any atom is -0.496 e. The van der Waals surface area contributed by atoms with Crippen molar-refractivity contribution >= 4 is 5.69 Å². The maximum absolute atomic E-state index is 5.62. The lowest BCUT2D eigenvalue weighted by Crippen LogP contribution is -2.36. The van der Waals surface area contributed by atoms with Crippen molar-refractivity contribution in [3.05, 3.63) is 23.8 Å². The molecule has 2 rings (SSSR count). The van der Waals surface area contributed by atoms with E-state index in [0.29, 0.717) is 6.54 Å². The fraction of sp³-hybridized carbons (Fsp3) is 0.538. The fourth-order valence-corrected chi connectivity index (χ4v) is 2.13. The van der Waals surface area contributed by atoms with E-state index in [2.05, 4.69) is 17.0 Å². The van der Waals surface area contributed by atoms with Crippen LogP contribution >= 0.6 is 0 Å². The smallest absolute Gasteiger partial charge is 0.122 e.